The van der Waals surface area contributed by atoms with Crippen LogP contribution in [0.1, 0.15) is 37.4 Å². The molecule has 0 aliphatic heterocycles. The number of hydrogen-bond acceptors (Lipinski definition) is 6. The van der Waals surface area contributed by atoms with Gasteiger partial charge in [-0.05, 0) is 42.5 Å². The molecule has 1 amide bonds. The summed E-state index contributed by atoms with van der Waals surface area (Å²) >= 11 is 0. The number of benzene rings is 2. The van der Waals surface area contributed by atoms with Gasteiger partial charge in [-0.3, -0.25) is 19.2 Å². The van der Waals surface area contributed by atoms with Crippen LogP contribution in [0.5, 0.6) is 5.75 Å². The summed E-state index contributed by atoms with van der Waals surface area (Å²) < 4.78 is 31.0. The van der Waals surface area contributed by atoms with Crippen molar-refractivity contribution in [2.45, 2.75) is 33.2 Å². The fraction of sp³-hybridized carbons (Fsp3) is 0.409. The number of amides is 1. The zero-order valence-electron chi connectivity index (χ0n) is 18.9. The molecule has 0 heterocycles. The molecule has 0 unspecified atom stereocenters. The van der Waals surface area contributed by atoms with Gasteiger partial charge in [0.2, 0.25) is 15.9 Å². The number of rotatable bonds is 10. The third-order valence-electron chi connectivity index (χ3n) is 4.92. The highest BCUT2D eigenvalue weighted by Gasteiger charge is 2.26. The van der Waals surface area contributed by atoms with Gasteiger partial charge in [0.05, 0.1) is 30.0 Å². The van der Waals surface area contributed by atoms with Gasteiger partial charge in [0.15, 0.2) is 0 Å². The number of nitrogens with zero attached hydrogens (tertiary/aromatic N) is 2. The van der Waals surface area contributed by atoms with Crippen LogP contribution in [0.4, 0.5) is 11.4 Å². The second-order valence-electron chi connectivity index (χ2n) is 8.02. The predicted octanol–water partition coefficient (Wildman–Crippen LogP) is 3.58. The molecule has 0 bridgehead atoms. The Morgan fingerprint density at radius 2 is 1.81 bits per heavy atom. The average Bonchev–Trinajstić information content (AvgIpc) is 2.71. The molecule has 2 aromatic carbocycles. The first kappa shape index (κ1) is 25.1. The molecule has 0 radical (unpaired) electrons. The summed E-state index contributed by atoms with van der Waals surface area (Å²) in [5, 5.41) is 14.1. The molecule has 0 aliphatic carbocycles. The molecule has 0 saturated carbocycles. The number of nitro groups is 1. The Balaban J connectivity index is 2.32. The summed E-state index contributed by atoms with van der Waals surface area (Å²) in [6.45, 7) is 5.19. The van der Waals surface area contributed by atoms with E-state index in [0.29, 0.717) is 17.7 Å². The fourth-order valence-electron chi connectivity index (χ4n) is 3.32. The summed E-state index contributed by atoms with van der Waals surface area (Å²) in [5.41, 5.74) is 1.21. The van der Waals surface area contributed by atoms with Crippen molar-refractivity contribution in [2.75, 3.05) is 24.2 Å². The van der Waals surface area contributed by atoms with E-state index in [2.05, 4.69) is 5.32 Å². The molecule has 0 saturated heterocycles. The quantitative estimate of drug-likeness (QED) is 0.425. The number of aryl methyl sites for hydroxylation is 1. The van der Waals surface area contributed by atoms with Gasteiger partial charge in [-0.1, -0.05) is 32.0 Å². The number of ether oxygens (including phenoxy) is 1. The lowest BCUT2D eigenvalue weighted by Gasteiger charge is -2.26. The van der Waals surface area contributed by atoms with E-state index >= 15 is 0 Å². The third-order valence-corrected chi connectivity index (χ3v) is 6.05. The number of carbonyl (C=O) groups excluding carboxylic acids is 1. The molecule has 32 heavy (non-hydrogen) atoms. The summed E-state index contributed by atoms with van der Waals surface area (Å²) in [6.07, 6.45) is 1.61. The van der Waals surface area contributed by atoms with Crippen LogP contribution >= 0.6 is 0 Å². The molecule has 1 atom stereocenters. The Labute approximate surface area is 188 Å². The van der Waals surface area contributed by atoms with E-state index in [9.17, 15) is 23.3 Å². The molecule has 2 rings (SSSR count). The van der Waals surface area contributed by atoms with E-state index in [4.69, 9.17) is 4.74 Å². The van der Waals surface area contributed by atoms with Crippen molar-refractivity contribution in [2.24, 2.45) is 5.92 Å². The molecule has 174 valence electrons. The maximum atomic E-state index is 12.9. The van der Waals surface area contributed by atoms with Crippen LogP contribution in [-0.4, -0.2) is 39.2 Å². The Morgan fingerprint density at radius 3 is 2.31 bits per heavy atom. The number of nitrogens with one attached hydrogen (secondary N) is 1. The predicted molar refractivity (Wildman–Crippen MR) is 123 cm³/mol. The van der Waals surface area contributed by atoms with E-state index in [0.717, 1.165) is 16.1 Å². The third kappa shape index (κ3) is 6.68. The largest absolute Gasteiger partial charge is 0.497 e. The van der Waals surface area contributed by atoms with Crippen molar-refractivity contribution >= 4 is 27.3 Å². The van der Waals surface area contributed by atoms with Crippen LogP contribution in [-0.2, 0) is 14.8 Å². The second-order valence-corrected chi connectivity index (χ2v) is 9.93. The standard InChI is InChI=1S/C22H29N3O6S/c1-15(2)12-20(17-7-10-19(31-4)11-8-17)23-22(26)14-24(32(5,29)30)21-13-18(25(27)28)9-6-16(21)3/h6-11,13,15,20H,12,14H2,1-5H3,(H,23,26)/t20-/m0/s1. The van der Waals surface area contributed by atoms with E-state index in [1.54, 1.807) is 26.2 Å². The lowest BCUT2D eigenvalue weighted by atomic mass is 9.97. The molecular weight excluding hydrogens is 434 g/mol. The molecule has 10 heteroatoms. The molecule has 1 N–H and O–H groups in total. The van der Waals surface area contributed by atoms with Crippen LogP contribution in [0.3, 0.4) is 0 Å². The van der Waals surface area contributed by atoms with Gasteiger partial charge in [-0.25, -0.2) is 8.42 Å². The molecule has 2 aromatic rings. The smallest absolute Gasteiger partial charge is 0.271 e. The number of non-ortho nitro benzene ring substituents is 1. The summed E-state index contributed by atoms with van der Waals surface area (Å²) in [7, 11) is -2.31. The van der Waals surface area contributed by atoms with Crippen molar-refractivity contribution < 1.29 is 22.9 Å². The zero-order chi connectivity index (χ0) is 24.1. The van der Waals surface area contributed by atoms with E-state index in [1.807, 2.05) is 26.0 Å². The lowest BCUT2D eigenvalue weighted by molar-refractivity contribution is -0.384. The van der Waals surface area contributed by atoms with Crippen LogP contribution in [0.25, 0.3) is 0 Å². The Hall–Kier alpha value is -3.14. The molecule has 0 spiro atoms. The number of nitro benzene ring substituents is 1. The maximum Gasteiger partial charge on any atom is 0.271 e. The number of hydrogen-bond donors (Lipinski definition) is 1. The lowest BCUT2D eigenvalue weighted by Crippen LogP contribution is -2.42. The van der Waals surface area contributed by atoms with Gasteiger partial charge in [-0.2, -0.15) is 0 Å². The van der Waals surface area contributed by atoms with Crippen molar-refractivity contribution in [3.8, 4) is 5.75 Å². The number of anilines is 1. The number of sulfonamides is 1. The first-order valence-electron chi connectivity index (χ1n) is 10.1. The molecule has 0 aromatic heterocycles. The topological polar surface area (TPSA) is 119 Å². The highest BCUT2D eigenvalue weighted by molar-refractivity contribution is 7.92. The number of methoxy groups -OCH3 is 1. The summed E-state index contributed by atoms with van der Waals surface area (Å²) in [6, 6.07) is 10.9. The van der Waals surface area contributed by atoms with Gasteiger partial charge < -0.3 is 10.1 Å². The van der Waals surface area contributed by atoms with Crippen molar-refractivity contribution in [3.63, 3.8) is 0 Å². The summed E-state index contributed by atoms with van der Waals surface area (Å²) in [5.74, 6) is 0.447. The van der Waals surface area contributed by atoms with E-state index in [-0.39, 0.29) is 23.3 Å². The van der Waals surface area contributed by atoms with Crippen LogP contribution in [0.15, 0.2) is 42.5 Å². The normalized spacial score (nSPS) is 12.3. The highest BCUT2D eigenvalue weighted by Crippen LogP contribution is 2.28. The minimum absolute atomic E-state index is 0.0988. The van der Waals surface area contributed by atoms with Gasteiger partial charge in [0.1, 0.15) is 12.3 Å². The Kier molecular flexibility index (Phi) is 8.20. The van der Waals surface area contributed by atoms with Crippen molar-refractivity contribution in [3.05, 3.63) is 63.7 Å². The van der Waals surface area contributed by atoms with Crippen molar-refractivity contribution in [1.29, 1.82) is 0 Å². The highest BCUT2D eigenvalue weighted by atomic mass is 32.2. The first-order valence-corrected chi connectivity index (χ1v) is 11.9. The summed E-state index contributed by atoms with van der Waals surface area (Å²) in [4.78, 5) is 23.5. The van der Waals surface area contributed by atoms with Gasteiger partial charge >= 0.3 is 0 Å². The van der Waals surface area contributed by atoms with Crippen LogP contribution in [0.2, 0.25) is 0 Å². The molecule has 0 fully saturated rings. The SMILES string of the molecule is COc1ccc([C@H](CC(C)C)NC(=O)CN(c2cc([N+](=O)[O-])ccc2C)S(C)(=O)=O)cc1. The molecule has 9 nitrogen and oxygen atoms in total. The van der Waals surface area contributed by atoms with E-state index in [1.165, 1.54) is 18.2 Å². The van der Waals surface area contributed by atoms with E-state index < -0.39 is 27.4 Å². The fourth-order valence-corrected chi connectivity index (χ4v) is 4.22. The minimum Gasteiger partial charge on any atom is -0.497 e. The van der Waals surface area contributed by atoms with Crippen LogP contribution in [0, 0.1) is 23.0 Å². The zero-order valence-corrected chi connectivity index (χ0v) is 19.7. The first-order chi connectivity index (χ1) is 14.9. The van der Waals surface area contributed by atoms with Crippen molar-refractivity contribution in [1.82, 2.24) is 5.32 Å². The second kappa shape index (κ2) is 10.4. The Morgan fingerprint density at radius 1 is 1.19 bits per heavy atom. The minimum atomic E-state index is -3.88. The van der Waals surface area contributed by atoms with Gasteiger partial charge in [0, 0.05) is 12.1 Å². The van der Waals surface area contributed by atoms with Gasteiger partial charge in [0.25, 0.3) is 5.69 Å². The Bertz CT molecular complexity index is 1070. The number of carbonyl (C=O) groups is 1. The molecule has 0 aliphatic rings. The maximum absolute atomic E-state index is 12.9. The average molecular weight is 464 g/mol. The van der Waals surface area contributed by atoms with Crippen LogP contribution < -0.4 is 14.4 Å². The monoisotopic (exact) mass is 463 g/mol. The van der Waals surface area contributed by atoms with Gasteiger partial charge in [-0.15, -0.1) is 0 Å². The molecular formula is C22H29N3O6S.